The fourth-order valence-corrected chi connectivity index (χ4v) is 2.29. The van der Waals surface area contributed by atoms with Crippen molar-refractivity contribution in [1.82, 2.24) is 5.32 Å². The molecule has 0 aliphatic heterocycles. The van der Waals surface area contributed by atoms with Gasteiger partial charge in [0.05, 0.1) is 18.2 Å². The molecule has 6 heteroatoms. The van der Waals surface area contributed by atoms with Crippen molar-refractivity contribution in [2.24, 2.45) is 0 Å². The SMILES string of the molecule is CCC(CCl)(CCl)NC(=O)c1ccc(OC)cc1F. The van der Waals surface area contributed by atoms with Crippen LogP contribution in [0.5, 0.6) is 5.75 Å². The van der Waals surface area contributed by atoms with E-state index in [9.17, 15) is 9.18 Å². The third kappa shape index (κ3) is 3.74. The third-order valence-corrected chi connectivity index (χ3v) is 4.01. The highest BCUT2D eigenvalue weighted by Gasteiger charge is 2.29. The Morgan fingerprint density at radius 1 is 1.42 bits per heavy atom. The van der Waals surface area contributed by atoms with E-state index in [1.54, 1.807) is 0 Å². The van der Waals surface area contributed by atoms with Gasteiger partial charge in [-0.3, -0.25) is 4.79 Å². The number of nitrogens with one attached hydrogen (secondary N) is 1. The summed E-state index contributed by atoms with van der Waals surface area (Å²) in [4.78, 5) is 12.0. The molecule has 0 saturated carbocycles. The van der Waals surface area contributed by atoms with Crippen LogP contribution in [0.2, 0.25) is 0 Å². The van der Waals surface area contributed by atoms with Gasteiger partial charge in [0.1, 0.15) is 11.6 Å². The van der Waals surface area contributed by atoms with Gasteiger partial charge in [-0.25, -0.2) is 4.39 Å². The van der Waals surface area contributed by atoms with Crippen molar-refractivity contribution < 1.29 is 13.9 Å². The molecule has 0 aliphatic carbocycles. The van der Waals surface area contributed by atoms with Crippen LogP contribution < -0.4 is 10.1 Å². The summed E-state index contributed by atoms with van der Waals surface area (Å²) >= 11 is 11.7. The smallest absolute Gasteiger partial charge is 0.254 e. The molecule has 1 amide bonds. The lowest BCUT2D eigenvalue weighted by Gasteiger charge is -2.29. The average molecular weight is 308 g/mol. The number of carbonyl (C=O) groups is 1. The second-order valence-corrected chi connectivity index (χ2v) is 4.74. The Balaban J connectivity index is 2.95. The molecule has 1 aromatic carbocycles. The van der Waals surface area contributed by atoms with Gasteiger partial charge < -0.3 is 10.1 Å². The van der Waals surface area contributed by atoms with E-state index in [-0.39, 0.29) is 17.3 Å². The van der Waals surface area contributed by atoms with E-state index in [1.807, 2.05) is 6.92 Å². The molecule has 0 aromatic heterocycles. The fourth-order valence-electron chi connectivity index (χ4n) is 1.50. The summed E-state index contributed by atoms with van der Waals surface area (Å²) in [5.74, 6) is -0.507. The predicted molar refractivity (Wildman–Crippen MR) is 74.9 cm³/mol. The molecular weight excluding hydrogens is 292 g/mol. The minimum absolute atomic E-state index is 0.0612. The number of benzene rings is 1. The second-order valence-electron chi connectivity index (χ2n) is 4.20. The molecule has 0 spiro atoms. The molecule has 0 saturated heterocycles. The van der Waals surface area contributed by atoms with Gasteiger partial charge in [-0.15, -0.1) is 23.2 Å². The number of carbonyl (C=O) groups excluding carboxylic acids is 1. The van der Waals surface area contributed by atoms with Crippen molar-refractivity contribution in [2.45, 2.75) is 18.9 Å². The van der Waals surface area contributed by atoms with Crippen molar-refractivity contribution in [3.05, 3.63) is 29.6 Å². The largest absolute Gasteiger partial charge is 0.497 e. The summed E-state index contributed by atoms with van der Waals surface area (Å²) in [6.45, 7) is 1.86. The average Bonchev–Trinajstić information content (AvgIpc) is 2.44. The van der Waals surface area contributed by atoms with Crippen LogP contribution in [0.25, 0.3) is 0 Å². The Hall–Kier alpha value is -1.00. The summed E-state index contributed by atoms with van der Waals surface area (Å²) in [5, 5.41) is 2.69. The molecule has 1 rings (SSSR count). The maximum absolute atomic E-state index is 13.8. The molecular formula is C13H16Cl2FNO2. The van der Waals surface area contributed by atoms with E-state index in [0.29, 0.717) is 12.2 Å². The van der Waals surface area contributed by atoms with Gasteiger partial charge in [0.15, 0.2) is 0 Å². The maximum Gasteiger partial charge on any atom is 0.254 e. The van der Waals surface area contributed by atoms with E-state index in [0.717, 1.165) is 6.07 Å². The third-order valence-electron chi connectivity index (χ3n) is 2.99. The molecule has 0 aliphatic rings. The topological polar surface area (TPSA) is 38.3 Å². The lowest BCUT2D eigenvalue weighted by Crippen LogP contribution is -2.51. The normalized spacial score (nSPS) is 11.2. The van der Waals surface area contributed by atoms with Crippen LogP contribution >= 0.6 is 23.2 Å². The Labute approximate surface area is 122 Å². The summed E-state index contributed by atoms with van der Waals surface area (Å²) in [6.07, 6.45) is 0.559. The van der Waals surface area contributed by atoms with Crippen molar-refractivity contribution in [1.29, 1.82) is 0 Å². The zero-order valence-electron chi connectivity index (χ0n) is 10.8. The fraction of sp³-hybridized carbons (Fsp3) is 0.462. The van der Waals surface area contributed by atoms with Crippen LogP contribution in [0, 0.1) is 5.82 Å². The Bertz CT molecular complexity index is 442. The Kier molecular flexibility index (Phi) is 5.88. The first-order valence-electron chi connectivity index (χ1n) is 5.80. The first-order valence-corrected chi connectivity index (χ1v) is 6.86. The quantitative estimate of drug-likeness (QED) is 0.820. The molecule has 0 radical (unpaired) electrons. The molecule has 0 fully saturated rings. The van der Waals surface area contributed by atoms with Gasteiger partial charge in [-0.1, -0.05) is 6.92 Å². The molecule has 0 heterocycles. The Morgan fingerprint density at radius 2 is 2.05 bits per heavy atom. The molecule has 1 aromatic rings. The molecule has 0 atom stereocenters. The first-order chi connectivity index (χ1) is 9.01. The number of hydrogen-bond acceptors (Lipinski definition) is 2. The highest BCUT2D eigenvalue weighted by Crippen LogP contribution is 2.19. The van der Waals surface area contributed by atoms with Crippen LogP contribution in [0.3, 0.4) is 0 Å². The van der Waals surface area contributed by atoms with Crippen LogP contribution in [0.1, 0.15) is 23.7 Å². The second kappa shape index (κ2) is 6.96. The van der Waals surface area contributed by atoms with Gasteiger partial charge in [-0.2, -0.15) is 0 Å². The number of hydrogen-bond donors (Lipinski definition) is 1. The number of rotatable bonds is 6. The number of halogens is 3. The van der Waals surface area contributed by atoms with Gasteiger partial charge in [0, 0.05) is 17.8 Å². The van der Waals surface area contributed by atoms with E-state index in [4.69, 9.17) is 27.9 Å². The van der Waals surface area contributed by atoms with Crippen LogP contribution in [0.15, 0.2) is 18.2 Å². The van der Waals surface area contributed by atoms with E-state index in [2.05, 4.69) is 5.32 Å². The lowest BCUT2D eigenvalue weighted by molar-refractivity contribution is 0.0909. The highest BCUT2D eigenvalue weighted by atomic mass is 35.5. The minimum atomic E-state index is -0.730. The molecule has 0 unspecified atom stereocenters. The number of ether oxygens (including phenoxy) is 1. The minimum Gasteiger partial charge on any atom is -0.497 e. The maximum atomic E-state index is 13.8. The molecule has 19 heavy (non-hydrogen) atoms. The standard InChI is InChI=1S/C13H16Cl2FNO2/c1-3-13(7-14,8-15)17-12(18)10-5-4-9(19-2)6-11(10)16/h4-6H,3,7-8H2,1-2H3,(H,17,18). The summed E-state index contributed by atoms with van der Waals surface area (Å²) in [6, 6.07) is 4.04. The molecule has 1 N–H and O–H groups in total. The zero-order valence-corrected chi connectivity index (χ0v) is 12.3. The first kappa shape index (κ1) is 16.1. The number of amides is 1. The monoisotopic (exact) mass is 307 g/mol. The van der Waals surface area contributed by atoms with Gasteiger partial charge in [0.2, 0.25) is 0 Å². The number of alkyl halides is 2. The summed E-state index contributed by atoms with van der Waals surface area (Å²) in [5.41, 5.74) is -0.791. The lowest BCUT2D eigenvalue weighted by atomic mass is 10.0. The summed E-state index contributed by atoms with van der Waals surface area (Å²) in [7, 11) is 1.43. The van der Waals surface area contributed by atoms with E-state index >= 15 is 0 Å². The van der Waals surface area contributed by atoms with Gasteiger partial charge >= 0.3 is 0 Å². The molecule has 3 nitrogen and oxygen atoms in total. The van der Waals surface area contributed by atoms with Crippen molar-refractivity contribution in [2.75, 3.05) is 18.9 Å². The highest BCUT2D eigenvalue weighted by molar-refractivity contribution is 6.22. The van der Waals surface area contributed by atoms with Crippen LogP contribution in [-0.2, 0) is 0 Å². The van der Waals surface area contributed by atoms with Crippen molar-refractivity contribution >= 4 is 29.1 Å². The van der Waals surface area contributed by atoms with E-state index < -0.39 is 17.3 Å². The predicted octanol–water partition coefficient (Wildman–Crippen LogP) is 3.19. The summed E-state index contributed by atoms with van der Waals surface area (Å²) < 4.78 is 18.6. The van der Waals surface area contributed by atoms with Crippen molar-refractivity contribution in [3.63, 3.8) is 0 Å². The van der Waals surface area contributed by atoms with Gasteiger partial charge in [-0.05, 0) is 18.6 Å². The zero-order chi connectivity index (χ0) is 14.5. The van der Waals surface area contributed by atoms with E-state index in [1.165, 1.54) is 19.2 Å². The van der Waals surface area contributed by atoms with Crippen LogP contribution in [-0.4, -0.2) is 30.3 Å². The molecule has 106 valence electrons. The van der Waals surface area contributed by atoms with Crippen LogP contribution in [0.4, 0.5) is 4.39 Å². The van der Waals surface area contributed by atoms with Crippen molar-refractivity contribution in [3.8, 4) is 5.75 Å². The molecule has 0 bridgehead atoms. The van der Waals surface area contributed by atoms with Gasteiger partial charge in [0.25, 0.3) is 5.91 Å². The Morgan fingerprint density at radius 3 is 2.47 bits per heavy atom. The number of methoxy groups -OCH3 is 1.